The van der Waals surface area contributed by atoms with Gasteiger partial charge in [0.25, 0.3) is 0 Å². The summed E-state index contributed by atoms with van der Waals surface area (Å²) < 4.78 is 15.1. The topological polar surface area (TPSA) is 29.9 Å². The summed E-state index contributed by atoms with van der Waals surface area (Å²) in [5.74, 6) is -0.181. The van der Waals surface area contributed by atoms with Crippen molar-refractivity contribution in [2.45, 2.75) is 25.9 Å². The summed E-state index contributed by atoms with van der Waals surface area (Å²) in [7, 11) is 0. The highest BCUT2D eigenvalue weighted by Gasteiger charge is 2.04. The summed E-state index contributed by atoms with van der Waals surface area (Å²) in [5.41, 5.74) is 0.984. The van der Waals surface area contributed by atoms with Gasteiger partial charge in [-0.05, 0) is 37.6 Å². The van der Waals surface area contributed by atoms with E-state index in [-0.39, 0.29) is 11.9 Å². The van der Waals surface area contributed by atoms with Crippen molar-refractivity contribution in [2.24, 2.45) is 0 Å². The van der Waals surface area contributed by atoms with Gasteiger partial charge < -0.3 is 9.88 Å². The van der Waals surface area contributed by atoms with Crippen molar-refractivity contribution in [1.29, 1.82) is 0 Å². The molecule has 2 rings (SSSR count). The minimum absolute atomic E-state index is 0.170. The first kappa shape index (κ1) is 12.8. The number of aromatic nitrogens is 2. The molecule has 0 aliphatic rings. The van der Waals surface area contributed by atoms with E-state index in [4.69, 9.17) is 0 Å². The van der Waals surface area contributed by atoms with Gasteiger partial charge in [-0.25, -0.2) is 9.37 Å². The largest absolute Gasteiger partial charge is 0.337 e. The molecule has 2 aromatic rings. The molecule has 3 nitrogen and oxygen atoms in total. The molecule has 0 unspecified atom stereocenters. The molecule has 0 aliphatic carbocycles. The minimum Gasteiger partial charge on any atom is -0.337 e. The van der Waals surface area contributed by atoms with Crippen molar-refractivity contribution in [3.8, 4) is 0 Å². The Morgan fingerprint density at radius 2 is 2.33 bits per heavy atom. The molecule has 1 aromatic heterocycles. The van der Waals surface area contributed by atoms with Gasteiger partial charge in [-0.15, -0.1) is 0 Å². The Morgan fingerprint density at radius 3 is 3.06 bits per heavy atom. The van der Waals surface area contributed by atoms with E-state index in [1.54, 1.807) is 18.3 Å². The Labute approximate surface area is 107 Å². The van der Waals surface area contributed by atoms with Crippen molar-refractivity contribution in [3.63, 3.8) is 0 Å². The van der Waals surface area contributed by atoms with Crippen LogP contribution in [0.25, 0.3) is 0 Å². The monoisotopic (exact) mass is 247 g/mol. The first-order chi connectivity index (χ1) is 8.75. The quantitative estimate of drug-likeness (QED) is 0.795. The molecular weight excluding hydrogens is 229 g/mol. The third-order valence-electron chi connectivity index (χ3n) is 2.95. The van der Waals surface area contributed by atoms with Crippen LogP contribution in [-0.2, 0) is 6.54 Å². The lowest BCUT2D eigenvalue weighted by Gasteiger charge is -2.14. The third-order valence-corrected chi connectivity index (χ3v) is 2.95. The van der Waals surface area contributed by atoms with E-state index >= 15 is 0 Å². The zero-order chi connectivity index (χ0) is 12.8. The molecule has 18 heavy (non-hydrogen) atoms. The van der Waals surface area contributed by atoms with E-state index in [0.717, 1.165) is 25.1 Å². The van der Waals surface area contributed by atoms with E-state index in [1.807, 2.05) is 25.5 Å². The highest BCUT2D eigenvalue weighted by molar-refractivity contribution is 5.19. The summed E-state index contributed by atoms with van der Waals surface area (Å²) in [6.07, 6.45) is 6.57. The van der Waals surface area contributed by atoms with Crippen molar-refractivity contribution in [2.75, 3.05) is 6.54 Å². The van der Waals surface area contributed by atoms with Crippen LogP contribution in [0.1, 0.15) is 24.9 Å². The van der Waals surface area contributed by atoms with Gasteiger partial charge in [0.05, 0.1) is 6.33 Å². The predicted molar refractivity (Wildman–Crippen MR) is 69.7 cm³/mol. The molecule has 1 atom stereocenters. The number of imidazole rings is 1. The second-order valence-electron chi connectivity index (χ2n) is 4.38. The van der Waals surface area contributed by atoms with Gasteiger partial charge in [0, 0.05) is 25.0 Å². The van der Waals surface area contributed by atoms with E-state index in [0.29, 0.717) is 0 Å². The molecular formula is C14H18FN3. The SMILES string of the molecule is C[C@H](NCCCn1ccnc1)c1cccc(F)c1. The van der Waals surface area contributed by atoms with Gasteiger partial charge in [-0.2, -0.15) is 0 Å². The second kappa shape index (κ2) is 6.31. The van der Waals surface area contributed by atoms with E-state index in [2.05, 4.69) is 14.9 Å². The van der Waals surface area contributed by atoms with Crippen molar-refractivity contribution < 1.29 is 4.39 Å². The molecule has 0 spiro atoms. The summed E-state index contributed by atoms with van der Waals surface area (Å²) in [6.45, 7) is 3.89. The van der Waals surface area contributed by atoms with Crippen molar-refractivity contribution >= 4 is 0 Å². The van der Waals surface area contributed by atoms with Crippen LogP contribution in [0.4, 0.5) is 4.39 Å². The predicted octanol–water partition coefficient (Wildman–Crippen LogP) is 2.76. The van der Waals surface area contributed by atoms with Crippen LogP contribution < -0.4 is 5.32 Å². The number of halogens is 1. The lowest BCUT2D eigenvalue weighted by atomic mass is 10.1. The average Bonchev–Trinajstić information content (AvgIpc) is 2.87. The number of nitrogens with one attached hydrogen (secondary N) is 1. The number of rotatable bonds is 6. The lowest BCUT2D eigenvalue weighted by molar-refractivity contribution is 0.523. The number of hydrogen-bond donors (Lipinski definition) is 1. The fraction of sp³-hybridized carbons (Fsp3) is 0.357. The fourth-order valence-electron chi connectivity index (χ4n) is 1.89. The Balaban J connectivity index is 1.73. The van der Waals surface area contributed by atoms with Crippen LogP contribution in [0.3, 0.4) is 0 Å². The lowest BCUT2D eigenvalue weighted by Crippen LogP contribution is -2.21. The summed E-state index contributed by atoms with van der Waals surface area (Å²) in [4.78, 5) is 3.99. The Bertz CT molecular complexity index is 468. The molecule has 0 saturated carbocycles. The van der Waals surface area contributed by atoms with Crippen LogP contribution in [0.2, 0.25) is 0 Å². The van der Waals surface area contributed by atoms with Gasteiger partial charge >= 0.3 is 0 Å². The Kier molecular flexibility index (Phi) is 4.47. The smallest absolute Gasteiger partial charge is 0.123 e. The molecule has 0 aliphatic heterocycles. The summed E-state index contributed by atoms with van der Waals surface area (Å²) >= 11 is 0. The molecule has 0 radical (unpaired) electrons. The molecule has 0 saturated heterocycles. The number of aryl methyl sites for hydroxylation is 1. The molecule has 1 heterocycles. The number of nitrogens with zero attached hydrogens (tertiary/aromatic N) is 2. The first-order valence-corrected chi connectivity index (χ1v) is 6.20. The van der Waals surface area contributed by atoms with Crippen molar-refractivity contribution in [3.05, 3.63) is 54.4 Å². The standard InChI is InChI=1S/C14H18FN3/c1-12(13-4-2-5-14(15)10-13)17-6-3-8-18-9-7-16-11-18/h2,4-5,7,9-12,17H,3,6,8H2,1H3/t12-/m0/s1. The molecule has 1 aromatic carbocycles. The molecule has 1 N–H and O–H groups in total. The zero-order valence-corrected chi connectivity index (χ0v) is 10.5. The zero-order valence-electron chi connectivity index (χ0n) is 10.5. The maximum absolute atomic E-state index is 13.1. The fourth-order valence-corrected chi connectivity index (χ4v) is 1.89. The second-order valence-corrected chi connectivity index (χ2v) is 4.38. The van der Waals surface area contributed by atoms with Gasteiger partial charge in [-0.3, -0.25) is 0 Å². The highest BCUT2D eigenvalue weighted by atomic mass is 19.1. The summed E-state index contributed by atoms with van der Waals surface area (Å²) in [6, 6.07) is 6.90. The molecule has 96 valence electrons. The first-order valence-electron chi connectivity index (χ1n) is 6.20. The Hall–Kier alpha value is -1.68. The van der Waals surface area contributed by atoms with Gasteiger partial charge in [0.1, 0.15) is 5.82 Å². The number of hydrogen-bond acceptors (Lipinski definition) is 2. The van der Waals surface area contributed by atoms with E-state index in [1.165, 1.54) is 6.07 Å². The number of benzene rings is 1. The molecule has 0 amide bonds. The minimum atomic E-state index is -0.181. The highest BCUT2D eigenvalue weighted by Crippen LogP contribution is 2.13. The third kappa shape index (κ3) is 3.67. The van der Waals surface area contributed by atoms with Crippen LogP contribution >= 0.6 is 0 Å². The van der Waals surface area contributed by atoms with Crippen LogP contribution in [0, 0.1) is 5.82 Å². The molecule has 4 heteroatoms. The average molecular weight is 247 g/mol. The van der Waals surface area contributed by atoms with E-state index < -0.39 is 0 Å². The van der Waals surface area contributed by atoms with Crippen LogP contribution in [0.5, 0.6) is 0 Å². The van der Waals surface area contributed by atoms with Crippen LogP contribution in [0.15, 0.2) is 43.0 Å². The molecule has 0 bridgehead atoms. The van der Waals surface area contributed by atoms with Gasteiger partial charge in [-0.1, -0.05) is 12.1 Å². The van der Waals surface area contributed by atoms with Crippen molar-refractivity contribution in [1.82, 2.24) is 14.9 Å². The maximum Gasteiger partial charge on any atom is 0.123 e. The van der Waals surface area contributed by atoms with Crippen LogP contribution in [-0.4, -0.2) is 16.1 Å². The van der Waals surface area contributed by atoms with Gasteiger partial charge in [0.15, 0.2) is 0 Å². The normalized spacial score (nSPS) is 12.6. The Morgan fingerprint density at radius 1 is 1.44 bits per heavy atom. The van der Waals surface area contributed by atoms with Gasteiger partial charge in [0.2, 0.25) is 0 Å². The summed E-state index contributed by atoms with van der Waals surface area (Å²) in [5, 5.41) is 3.39. The maximum atomic E-state index is 13.1. The molecule has 0 fully saturated rings. The van der Waals surface area contributed by atoms with E-state index in [9.17, 15) is 4.39 Å².